The Kier molecular flexibility index (Phi) is 5.75. The summed E-state index contributed by atoms with van der Waals surface area (Å²) >= 11 is 0. The second-order valence-corrected chi connectivity index (χ2v) is 8.68. The van der Waals surface area contributed by atoms with Crippen LogP contribution in [0.1, 0.15) is 22.3 Å². The Morgan fingerprint density at radius 2 is 1.81 bits per heavy atom. The molecule has 27 heavy (non-hydrogen) atoms. The van der Waals surface area contributed by atoms with Gasteiger partial charge in [0.2, 0.25) is 0 Å². The minimum Gasteiger partial charge on any atom is -0.348 e. The fraction of sp³-hybridized carbons (Fsp3) is 0.263. The summed E-state index contributed by atoms with van der Waals surface area (Å²) in [4.78, 5) is 24.4. The van der Waals surface area contributed by atoms with Crippen LogP contribution < -0.4 is 16.0 Å². The Balaban J connectivity index is 1.55. The smallest absolute Gasteiger partial charge is 0.319 e. The first-order chi connectivity index (χ1) is 12.9. The van der Waals surface area contributed by atoms with Crippen LogP contribution in [0.15, 0.2) is 54.6 Å². The number of amides is 3. The van der Waals surface area contributed by atoms with Gasteiger partial charge in [-0.05, 0) is 30.2 Å². The van der Waals surface area contributed by atoms with Crippen molar-refractivity contribution in [1.82, 2.24) is 10.6 Å². The van der Waals surface area contributed by atoms with Crippen molar-refractivity contribution < 1.29 is 18.0 Å². The zero-order valence-corrected chi connectivity index (χ0v) is 15.5. The van der Waals surface area contributed by atoms with E-state index in [-0.39, 0.29) is 23.5 Å². The van der Waals surface area contributed by atoms with Crippen molar-refractivity contribution in [3.63, 3.8) is 0 Å². The SMILES string of the molecule is O=C(Nc1cccc(C(=O)NCc2ccccc2)c1)NC1CCS(=O)(=O)C1. The Morgan fingerprint density at radius 1 is 1.04 bits per heavy atom. The lowest BCUT2D eigenvalue weighted by molar-refractivity contribution is 0.0951. The molecule has 0 aliphatic carbocycles. The van der Waals surface area contributed by atoms with E-state index in [1.54, 1.807) is 24.3 Å². The van der Waals surface area contributed by atoms with Crippen LogP contribution in [0.3, 0.4) is 0 Å². The Bertz CT molecular complexity index is 929. The van der Waals surface area contributed by atoms with Crippen LogP contribution in [-0.2, 0) is 16.4 Å². The van der Waals surface area contributed by atoms with Gasteiger partial charge in [0.25, 0.3) is 5.91 Å². The maximum absolute atomic E-state index is 12.3. The largest absolute Gasteiger partial charge is 0.348 e. The average Bonchev–Trinajstić information content (AvgIpc) is 2.99. The van der Waals surface area contributed by atoms with Gasteiger partial charge in [0.1, 0.15) is 0 Å². The van der Waals surface area contributed by atoms with E-state index in [2.05, 4.69) is 16.0 Å². The Morgan fingerprint density at radius 3 is 2.52 bits per heavy atom. The van der Waals surface area contributed by atoms with Gasteiger partial charge in [-0.3, -0.25) is 4.79 Å². The molecule has 142 valence electrons. The summed E-state index contributed by atoms with van der Waals surface area (Å²) < 4.78 is 22.9. The molecule has 1 unspecified atom stereocenters. The Labute approximate surface area is 158 Å². The first-order valence-corrected chi connectivity index (χ1v) is 10.4. The Hall–Kier alpha value is -2.87. The molecule has 1 aliphatic heterocycles. The number of anilines is 1. The first kappa shape index (κ1) is 18.9. The van der Waals surface area contributed by atoms with Gasteiger partial charge in [0, 0.05) is 23.8 Å². The number of benzene rings is 2. The van der Waals surface area contributed by atoms with E-state index in [1.807, 2.05) is 30.3 Å². The molecule has 1 fully saturated rings. The predicted octanol–water partition coefficient (Wildman–Crippen LogP) is 1.93. The van der Waals surface area contributed by atoms with Crippen molar-refractivity contribution in [2.75, 3.05) is 16.8 Å². The highest BCUT2D eigenvalue weighted by Gasteiger charge is 2.28. The molecule has 8 heteroatoms. The number of nitrogens with one attached hydrogen (secondary N) is 3. The number of carbonyl (C=O) groups excluding carboxylic acids is 2. The topological polar surface area (TPSA) is 104 Å². The monoisotopic (exact) mass is 387 g/mol. The third-order valence-corrected chi connectivity index (χ3v) is 6.01. The second-order valence-electron chi connectivity index (χ2n) is 6.45. The van der Waals surface area contributed by atoms with E-state index in [0.29, 0.717) is 24.2 Å². The molecule has 1 aliphatic rings. The maximum Gasteiger partial charge on any atom is 0.319 e. The summed E-state index contributed by atoms with van der Waals surface area (Å²) in [6.07, 6.45) is 0.414. The molecular weight excluding hydrogens is 366 g/mol. The summed E-state index contributed by atoms with van der Waals surface area (Å²) in [5, 5.41) is 8.12. The molecule has 7 nitrogen and oxygen atoms in total. The van der Waals surface area contributed by atoms with Gasteiger partial charge in [-0.25, -0.2) is 13.2 Å². The third-order valence-electron chi connectivity index (χ3n) is 4.25. The number of urea groups is 1. The van der Waals surface area contributed by atoms with Crippen molar-refractivity contribution in [1.29, 1.82) is 0 Å². The molecular formula is C19H21N3O4S. The number of sulfone groups is 1. The van der Waals surface area contributed by atoms with Crippen LogP contribution >= 0.6 is 0 Å². The molecule has 3 rings (SSSR count). The van der Waals surface area contributed by atoms with E-state index in [9.17, 15) is 18.0 Å². The quantitative estimate of drug-likeness (QED) is 0.729. The van der Waals surface area contributed by atoms with Gasteiger partial charge in [0.15, 0.2) is 9.84 Å². The van der Waals surface area contributed by atoms with Gasteiger partial charge in [-0.2, -0.15) is 0 Å². The van der Waals surface area contributed by atoms with Crippen LogP contribution in [0.2, 0.25) is 0 Å². The highest BCUT2D eigenvalue weighted by atomic mass is 32.2. The number of rotatable bonds is 5. The molecule has 1 atom stereocenters. The minimum absolute atomic E-state index is 0.0393. The fourth-order valence-electron chi connectivity index (χ4n) is 2.88. The van der Waals surface area contributed by atoms with Crippen LogP contribution in [-0.4, -0.2) is 37.9 Å². The molecule has 0 spiro atoms. The summed E-state index contributed by atoms with van der Waals surface area (Å²) in [5.74, 6) is -0.193. The van der Waals surface area contributed by atoms with Crippen molar-refractivity contribution in [3.05, 3.63) is 65.7 Å². The standard InChI is InChI=1S/C19H21N3O4S/c23-18(20-12-14-5-2-1-3-6-14)15-7-4-8-16(11-15)21-19(24)22-17-9-10-27(25,26)13-17/h1-8,11,17H,9-10,12-13H2,(H,20,23)(H2,21,22,24). The molecule has 1 saturated heterocycles. The van der Waals surface area contributed by atoms with Gasteiger partial charge < -0.3 is 16.0 Å². The highest BCUT2D eigenvalue weighted by Crippen LogP contribution is 2.13. The number of hydrogen-bond donors (Lipinski definition) is 3. The highest BCUT2D eigenvalue weighted by molar-refractivity contribution is 7.91. The van der Waals surface area contributed by atoms with E-state index in [1.165, 1.54) is 0 Å². The average molecular weight is 387 g/mol. The molecule has 0 aromatic heterocycles. The second kappa shape index (κ2) is 8.22. The molecule has 0 bridgehead atoms. The van der Waals surface area contributed by atoms with Crippen molar-refractivity contribution in [2.45, 2.75) is 19.0 Å². The van der Waals surface area contributed by atoms with Crippen LogP contribution in [0.4, 0.5) is 10.5 Å². The van der Waals surface area contributed by atoms with Gasteiger partial charge in [-0.15, -0.1) is 0 Å². The van der Waals surface area contributed by atoms with Crippen LogP contribution in [0.25, 0.3) is 0 Å². The van der Waals surface area contributed by atoms with E-state index in [4.69, 9.17) is 0 Å². The summed E-state index contributed by atoms with van der Waals surface area (Å²) in [7, 11) is -3.06. The number of carbonyl (C=O) groups is 2. The predicted molar refractivity (Wildman–Crippen MR) is 103 cm³/mol. The van der Waals surface area contributed by atoms with Crippen LogP contribution in [0, 0.1) is 0 Å². The van der Waals surface area contributed by atoms with Gasteiger partial charge in [-0.1, -0.05) is 36.4 Å². The molecule has 2 aromatic carbocycles. The van der Waals surface area contributed by atoms with E-state index < -0.39 is 15.9 Å². The summed E-state index contributed by atoms with van der Waals surface area (Å²) in [6, 6.07) is 15.3. The third kappa shape index (κ3) is 5.55. The van der Waals surface area contributed by atoms with Gasteiger partial charge in [0.05, 0.1) is 11.5 Å². The lowest BCUT2D eigenvalue weighted by Gasteiger charge is -2.13. The van der Waals surface area contributed by atoms with Crippen molar-refractivity contribution in [2.24, 2.45) is 0 Å². The molecule has 3 N–H and O–H groups in total. The lowest BCUT2D eigenvalue weighted by Crippen LogP contribution is -2.38. The fourth-order valence-corrected chi connectivity index (χ4v) is 4.55. The summed E-state index contributed by atoms with van der Waals surface area (Å²) in [6.45, 7) is 0.411. The molecule has 2 aromatic rings. The minimum atomic E-state index is -3.06. The lowest BCUT2D eigenvalue weighted by atomic mass is 10.1. The zero-order chi connectivity index (χ0) is 19.3. The molecule has 3 amide bonds. The first-order valence-electron chi connectivity index (χ1n) is 8.61. The number of hydrogen-bond acceptors (Lipinski definition) is 4. The zero-order valence-electron chi connectivity index (χ0n) is 14.6. The molecule has 0 saturated carbocycles. The molecule has 0 radical (unpaired) electrons. The van der Waals surface area contributed by atoms with E-state index in [0.717, 1.165) is 5.56 Å². The molecule has 1 heterocycles. The van der Waals surface area contributed by atoms with Crippen molar-refractivity contribution >= 4 is 27.5 Å². The van der Waals surface area contributed by atoms with E-state index >= 15 is 0 Å². The van der Waals surface area contributed by atoms with Crippen LogP contribution in [0.5, 0.6) is 0 Å². The summed E-state index contributed by atoms with van der Waals surface area (Å²) in [5.41, 5.74) is 1.87. The van der Waals surface area contributed by atoms with Crippen molar-refractivity contribution in [3.8, 4) is 0 Å². The van der Waals surface area contributed by atoms with Gasteiger partial charge >= 0.3 is 6.03 Å². The maximum atomic E-state index is 12.3. The normalized spacial score (nSPS) is 17.9.